The summed E-state index contributed by atoms with van der Waals surface area (Å²) in [6, 6.07) is 2.16. The van der Waals surface area contributed by atoms with Gasteiger partial charge in [0.25, 0.3) is 11.1 Å². The zero-order valence-corrected chi connectivity index (χ0v) is 11.0. The minimum atomic E-state index is -0.954. The molecule has 0 bridgehead atoms. The van der Waals surface area contributed by atoms with Crippen molar-refractivity contribution in [1.29, 1.82) is 0 Å². The topological polar surface area (TPSA) is 112 Å². The molecule has 1 aromatic rings. The fourth-order valence-electron chi connectivity index (χ4n) is 2.16. The predicted octanol–water partition coefficient (Wildman–Crippen LogP) is -1.14. The highest BCUT2D eigenvalue weighted by molar-refractivity contribution is 5.80. The Bertz CT molecular complexity index is 662. The molecule has 20 heavy (non-hydrogen) atoms. The second-order valence-corrected chi connectivity index (χ2v) is 5.16. The molecule has 1 saturated heterocycles. The number of carbonyl (C=O) groups excluding carboxylic acids is 1. The van der Waals surface area contributed by atoms with E-state index in [-0.39, 0.29) is 19.0 Å². The number of carboxylic acids is 1. The lowest BCUT2D eigenvalue weighted by Crippen LogP contribution is -2.39. The molecule has 0 aromatic carbocycles. The summed E-state index contributed by atoms with van der Waals surface area (Å²) < 4.78 is 0.918. The van der Waals surface area contributed by atoms with E-state index in [0.717, 1.165) is 16.8 Å². The van der Waals surface area contributed by atoms with Crippen molar-refractivity contribution in [1.82, 2.24) is 14.7 Å². The van der Waals surface area contributed by atoms with E-state index in [1.807, 2.05) is 0 Å². The number of nitrogens with one attached hydrogen (secondary N) is 1. The van der Waals surface area contributed by atoms with E-state index >= 15 is 0 Å². The smallest absolute Gasteiger partial charge is 0.311 e. The first-order chi connectivity index (χ1) is 9.32. The van der Waals surface area contributed by atoms with Crippen LogP contribution in [0.4, 0.5) is 0 Å². The molecule has 0 saturated carbocycles. The van der Waals surface area contributed by atoms with Gasteiger partial charge in [-0.2, -0.15) is 0 Å². The van der Waals surface area contributed by atoms with E-state index in [4.69, 9.17) is 5.11 Å². The Morgan fingerprint density at radius 3 is 2.70 bits per heavy atom. The molecule has 2 rings (SSSR count). The van der Waals surface area contributed by atoms with E-state index in [0.29, 0.717) is 13.0 Å². The van der Waals surface area contributed by atoms with Crippen molar-refractivity contribution in [3.8, 4) is 0 Å². The van der Waals surface area contributed by atoms with Crippen LogP contribution < -0.4 is 11.1 Å². The lowest BCUT2D eigenvalue weighted by Gasteiger charge is -2.20. The highest BCUT2D eigenvalue weighted by Crippen LogP contribution is 2.30. The molecular weight excluding hydrogens is 266 g/mol. The van der Waals surface area contributed by atoms with Crippen molar-refractivity contribution in [2.45, 2.75) is 19.9 Å². The van der Waals surface area contributed by atoms with Crippen LogP contribution in [0.15, 0.2) is 21.7 Å². The number of hydrogen-bond donors (Lipinski definition) is 2. The van der Waals surface area contributed by atoms with Gasteiger partial charge in [-0.1, -0.05) is 0 Å². The highest BCUT2D eigenvalue weighted by atomic mass is 16.4. The lowest BCUT2D eigenvalue weighted by atomic mass is 9.90. The monoisotopic (exact) mass is 281 g/mol. The molecule has 1 aromatic heterocycles. The molecule has 1 aliphatic heterocycles. The lowest BCUT2D eigenvalue weighted by molar-refractivity contribution is -0.147. The van der Waals surface area contributed by atoms with Crippen LogP contribution in [0.2, 0.25) is 0 Å². The Morgan fingerprint density at radius 2 is 2.10 bits per heavy atom. The van der Waals surface area contributed by atoms with Crippen molar-refractivity contribution in [3.63, 3.8) is 0 Å². The first-order valence-corrected chi connectivity index (χ1v) is 6.13. The number of likely N-dealkylation sites (tertiary alicyclic amines) is 1. The van der Waals surface area contributed by atoms with Crippen LogP contribution in [-0.4, -0.2) is 44.8 Å². The van der Waals surface area contributed by atoms with Gasteiger partial charge in [0.2, 0.25) is 5.91 Å². The largest absolute Gasteiger partial charge is 0.481 e. The van der Waals surface area contributed by atoms with Crippen molar-refractivity contribution in [2.24, 2.45) is 5.41 Å². The summed E-state index contributed by atoms with van der Waals surface area (Å²) >= 11 is 0. The van der Waals surface area contributed by atoms with Gasteiger partial charge in [-0.25, -0.2) is 4.68 Å². The van der Waals surface area contributed by atoms with Crippen LogP contribution in [0.3, 0.4) is 0 Å². The number of aromatic amines is 1. The summed E-state index contributed by atoms with van der Waals surface area (Å²) in [6.45, 7) is 1.71. The van der Waals surface area contributed by atoms with Crippen molar-refractivity contribution >= 4 is 11.9 Å². The van der Waals surface area contributed by atoms with Crippen molar-refractivity contribution in [3.05, 3.63) is 32.8 Å². The van der Waals surface area contributed by atoms with Gasteiger partial charge in [-0.15, -0.1) is 0 Å². The molecule has 1 aliphatic rings. The van der Waals surface area contributed by atoms with Gasteiger partial charge in [0.05, 0.1) is 5.41 Å². The fourth-order valence-corrected chi connectivity index (χ4v) is 2.16. The molecule has 2 N–H and O–H groups in total. The number of carbonyl (C=O) groups is 2. The normalized spacial score (nSPS) is 21.9. The van der Waals surface area contributed by atoms with Crippen LogP contribution in [0.1, 0.15) is 13.3 Å². The first-order valence-electron chi connectivity index (χ1n) is 6.13. The fraction of sp³-hybridized carbons (Fsp3) is 0.500. The van der Waals surface area contributed by atoms with Gasteiger partial charge in [0, 0.05) is 25.2 Å². The van der Waals surface area contributed by atoms with Crippen LogP contribution in [-0.2, 0) is 16.1 Å². The van der Waals surface area contributed by atoms with Crippen LogP contribution in [0.5, 0.6) is 0 Å². The molecule has 1 unspecified atom stereocenters. The van der Waals surface area contributed by atoms with Gasteiger partial charge in [0.1, 0.15) is 6.54 Å². The number of nitrogens with zero attached hydrogens (tertiary/aromatic N) is 2. The van der Waals surface area contributed by atoms with E-state index < -0.39 is 22.5 Å². The molecule has 8 nitrogen and oxygen atoms in total. The molecule has 8 heteroatoms. The van der Waals surface area contributed by atoms with Gasteiger partial charge < -0.3 is 10.0 Å². The molecule has 0 radical (unpaired) electrons. The minimum absolute atomic E-state index is 0.104. The predicted molar refractivity (Wildman–Crippen MR) is 68.3 cm³/mol. The maximum absolute atomic E-state index is 12.0. The summed E-state index contributed by atoms with van der Waals surface area (Å²) in [5.74, 6) is -1.34. The number of rotatable bonds is 3. The summed E-state index contributed by atoms with van der Waals surface area (Å²) in [5, 5.41) is 11.4. The second kappa shape index (κ2) is 4.95. The highest BCUT2D eigenvalue weighted by Gasteiger charge is 2.42. The third-order valence-electron chi connectivity index (χ3n) is 3.52. The second-order valence-electron chi connectivity index (χ2n) is 5.16. The van der Waals surface area contributed by atoms with E-state index in [9.17, 15) is 19.2 Å². The number of carboxylic acid groups (broad SMARTS) is 1. The number of aromatic nitrogens is 2. The average Bonchev–Trinajstić information content (AvgIpc) is 2.78. The SMILES string of the molecule is CC1(C(=O)O)CCN(C(=O)Cn2[nH]c(=O)ccc2=O)C1. The van der Waals surface area contributed by atoms with Crippen LogP contribution in [0.25, 0.3) is 0 Å². The molecule has 1 atom stereocenters. The van der Waals surface area contributed by atoms with Crippen molar-refractivity contribution in [2.75, 3.05) is 13.1 Å². The number of H-pyrrole nitrogens is 1. The van der Waals surface area contributed by atoms with Gasteiger partial charge in [-0.05, 0) is 13.3 Å². The zero-order chi connectivity index (χ0) is 14.9. The third-order valence-corrected chi connectivity index (χ3v) is 3.52. The molecule has 0 aliphatic carbocycles. The van der Waals surface area contributed by atoms with Gasteiger partial charge in [0.15, 0.2) is 0 Å². The molecule has 2 heterocycles. The summed E-state index contributed by atoms with van der Waals surface area (Å²) in [5.41, 5.74) is -1.92. The Labute approximate surface area is 113 Å². The minimum Gasteiger partial charge on any atom is -0.481 e. The quantitative estimate of drug-likeness (QED) is 0.727. The summed E-state index contributed by atoms with van der Waals surface area (Å²) in [4.78, 5) is 47.1. The maximum Gasteiger partial charge on any atom is 0.311 e. The Balaban J connectivity index is 2.11. The molecule has 108 valence electrons. The summed E-state index contributed by atoms with van der Waals surface area (Å²) in [6.07, 6.45) is 0.369. The summed E-state index contributed by atoms with van der Waals surface area (Å²) in [7, 11) is 0. The number of amides is 1. The molecule has 0 spiro atoms. The van der Waals surface area contributed by atoms with E-state index in [2.05, 4.69) is 5.10 Å². The molecular formula is C12H15N3O5. The molecule has 1 fully saturated rings. The number of aliphatic carboxylic acids is 1. The third kappa shape index (κ3) is 2.63. The Morgan fingerprint density at radius 1 is 1.40 bits per heavy atom. The Hall–Kier alpha value is -2.38. The first kappa shape index (κ1) is 14.0. The standard InChI is InChI=1S/C12H15N3O5/c1-12(11(19)20)4-5-14(7-12)10(18)6-15-9(17)3-2-8(16)13-15/h2-3H,4-7H2,1H3,(H,13,16)(H,19,20). The van der Waals surface area contributed by atoms with E-state index in [1.54, 1.807) is 6.92 Å². The van der Waals surface area contributed by atoms with E-state index in [1.165, 1.54) is 4.90 Å². The van der Waals surface area contributed by atoms with Crippen LogP contribution in [0, 0.1) is 5.41 Å². The van der Waals surface area contributed by atoms with Gasteiger partial charge >= 0.3 is 5.97 Å². The Kier molecular flexibility index (Phi) is 3.47. The zero-order valence-electron chi connectivity index (χ0n) is 11.0. The maximum atomic E-state index is 12.0. The van der Waals surface area contributed by atoms with Gasteiger partial charge in [-0.3, -0.25) is 24.3 Å². The average molecular weight is 281 g/mol. The molecule has 1 amide bonds. The number of hydrogen-bond acceptors (Lipinski definition) is 4. The van der Waals surface area contributed by atoms with Crippen LogP contribution >= 0.6 is 0 Å². The van der Waals surface area contributed by atoms with Crippen molar-refractivity contribution < 1.29 is 14.7 Å².